The van der Waals surface area contributed by atoms with Crippen LogP contribution in [0.5, 0.6) is 0 Å². The number of aromatic nitrogens is 2. The van der Waals surface area contributed by atoms with Crippen LogP contribution in [-0.4, -0.2) is 22.4 Å². The predicted molar refractivity (Wildman–Crippen MR) is 60.7 cm³/mol. The van der Waals surface area contributed by atoms with Crippen molar-refractivity contribution in [2.24, 2.45) is 5.73 Å². The Morgan fingerprint density at radius 1 is 1.43 bits per heavy atom. The van der Waals surface area contributed by atoms with E-state index in [0.29, 0.717) is 0 Å². The minimum absolute atomic E-state index is 0.763. The smallest absolute Gasteiger partial charge is 0.202 e. The second-order valence-electron chi connectivity index (χ2n) is 3.19. The largest absolute Gasteiger partial charge is 0.360 e. The first-order valence-corrected chi connectivity index (χ1v) is 5.90. The quantitative estimate of drug-likeness (QED) is 0.677. The number of anilines is 1. The van der Waals surface area contributed by atoms with Gasteiger partial charge < -0.3 is 11.1 Å². The third-order valence-electron chi connectivity index (χ3n) is 1.85. The van der Waals surface area contributed by atoms with Gasteiger partial charge in [0.25, 0.3) is 0 Å². The van der Waals surface area contributed by atoms with Crippen molar-refractivity contribution in [3.63, 3.8) is 0 Å². The highest BCUT2D eigenvalue weighted by atomic mass is 32.1. The van der Waals surface area contributed by atoms with Crippen LogP contribution in [0.25, 0.3) is 0 Å². The lowest BCUT2D eigenvalue weighted by Gasteiger charge is -1.99. The molecule has 0 unspecified atom stereocenters. The lowest BCUT2D eigenvalue weighted by Crippen LogP contribution is -2.05. The zero-order valence-corrected chi connectivity index (χ0v) is 9.44. The molecule has 80 valence electrons. The SMILES string of the molecule is CCCc1nsc(NCCCCN)n1. The fourth-order valence-corrected chi connectivity index (χ4v) is 1.75. The molecule has 0 saturated carbocycles. The summed E-state index contributed by atoms with van der Waals surface area (Å²) in [6, 6.07) is 0. The number of unbranched alkanes of at least 4 members (excludes halogenated alkanes) is 1. The van der Waals surface area contributed by atoms with Crippen LogP contribution < -0.4 is 11.1 Å². The maximum Gasteiger partial charge on any atom is 0.202 e. The highest BCUT2D eigenvalue weighted by Crippen LogP contribution is 2.11. The Balaban J connectivity index is 2.22. The standard InChI is InChI=1S/C9H18N4S/c1-2-5-8-12-9(14-13-8)11-7-4-3-6-10/h2-7,10H2,1H3,(H,11,12,13). The van der Waals surface area contributed by atoms with E-state index >= 15 is 0 Å². The number of rotatable bonds is 7. The van der Waals surface area contributed by atoms with Gasteiger partial charge in [0.15, 0.2) is 0 Å². The lowest BCUT2D eigenvalue weighted by atomic mass is 10.3. The van der Waals surface area contributed by atoms with E-state index in [1.165, 1.54) is 11.5 Å². The van der Waals surface area contributed by atoms with Crippen LogP contribution in [0.2, 0.25) is 0 Å². The molecular formula is C9H18N4S. The molecular weight excluding hydrogens is 196 g/mol. The fourth-order valence-electron chi connectivity index (χ4n) is 1.12. The average molecular weight is 214 g/mol. The van der Waals surface area contributed by atoms with Crippen LogP contribution in [0.4, 0.5) is 5.13 Å². The molecule has 0 aliphatic carbocycles. The van der Waals surface area contributed by atoms with Crippen molar-refractivity contribution >= 4 is 16.7 Å². The Hall–Kier alpha value is -0.680. The predicted octanol–water partition coefficient (Wildman–Crippen LogP) is 1.64. The molecule has 0 atom stereocenters. The summed E-state index contributed by atoms with van der Waals surface area (Å²) in [7, 11) is 0. The van der Waals surface area contributed by atoms with E-state index in [2.05, 4.69) is 21.6 Å². The van der Waals surface area contributed by atoms with Crippen LogP contribution >= 0.6 is 11.5 Å². The van der Waals surface area contributed by atoms with Gasteiger partial charge >= 0.3 is 0 Å². The van der Waals surface area contributed by atoms with Crippen molar-refractivity contribution in [3.05, 3.63) is 5.82 Å². The lowest BCUT2D eigenvalue weighted by molar-refractivity contribution is 0.772. The Kier molecular flexibility index (Phi) is 5.47. The first-order chi connectivity index (χ1) is 6.86. The van der Waals surface area contributed by atoms with Crippen LogP contribution in [0.1, 0.15) is 32.0 Å². The van der Waals surface area contributed by atoms with Gasteiger partial charge in [0, 0.05) is 24.5 Å². The van der Waals surface area contributed by atoms with Gasteiger partial charge in [-0.2, -0.15) is 4.37 Å². The first-order valence-electron chi connectivity index (χ1n) is 5.13. The van der Waals surface area contributed by atoms with Crippen LogP contribution in [0.3, 0.4) is 0 Å². The van der Waals surface area contributed by atoms with Crippen LogP contribution in [0.15, 0.2) is 0 Å². The summed E-state index contributed by atoms with van der Waals surface area (Å²) in [5, 5.41) is 4.18. The van der Waals surface area contributed by atoms with Gasteiger partial charge in [0.05, 0.1) is 0 Å². The van der Waals surface area contributed by atoms with Gasteiger partial charge in [-0.05, 0) is 25.8 Å². The molecule has 14 heavy (non-hydrogen) atoms. The van der Waals surface area contributed by atoms with Gasteiger partial charge in [-0.25, -0.2) is 4.98 Å². The molecule has 0 aromatic carbocycles. The monoisotopic (exact) mass is 214 g/mol. The summed E-state index contributed by atoms with van der Waals surface area (Å²) in [4.78, 5) is 4.36. The van der Waals surface area contributed by atoms with Gasteiger partial charge in [0.2, 0.25) is 5.13 Å². The van der Waals surface area contributed by atoms with E-state index in [9.17, 15) is 0 Å². The summed E-state index contributed by atoms with van der Waals surface area (Å²) >= 11 is 1.44. The summed E-state index contributed by atoms with van der Waals surface area (Å²) in [5.41, 5.74) is 5.40. The van der Waals surface area contributed by atoms with E-state index in [4.69, 9.17) is 5.73 Å². The normalized spacial score (nSPS) is 10.4. The second kappa shape index (κ2) is 6.73. The van der Waals surface area contributed by atoms with E-state index < -0.39 is 0 Å². The van der Waals surface area contributed by atoms with Gasteiger partial charge in [-0.15, -0.1) is 0 Å². The number of aryl methyl sites for hydroxylation is 1. The number of nitrogens with one attached hydrogen (secondary N) is 1. The van der Waals surface area contributed by atoms with Gasteiger partial charge in [0.1, 0.15) is 5.82 Å². The molecule has 4 nitrogen and oxygen atoms in total. The average Bonchev–Trinajstić information content (AvgIpc) is 2.61. The fraction of sp³-hybridized carbons (Fsp3) is 0.778. The first kappa shape index (κ1) is 11.4. The number of hydrogen-bond acceptors (Lipinski definition) is 5. The van der Waals surface area contributed by atoms with Crippen LogP contribution in [0, 0.1) is 0 Å². The van der Waals surface area contributed by atoms with Crippen molar-refractivity contribution in [2.45, 2.75) is 32.6 Å². The Morgan fingerprint density at radius 2 is 2.29 bits per heavy atom. The molecule has 3 N–H and O–H groups in total. The van der Waals surface area contributed by atoms with E-state index in [-0.39, 0.29) is 0 Å². The molecule has 0 bridgehead atoms. The number of hydrogen-bond donors (Lipinski definition) is 2. The Labute approximate surface area is 89.1 Å². The summed E-state index contributed by atoms with van der Waals surface area (Å²) in [6.45, 7) is 3.84. The maximum atomic E-state index is 5.40. The van der Waals surface area contributed by atoms with Crippen molar-refractivity contribution < 1.29 is 0 Å². The number of nitrogens with zero attached hydrogens (tertiary/aromatic N) is 2. The van der Waals surface area contributed by atoms with Crippen LogP contribution in [-0.2, 0) is 6.42 Å². The van der Waals surface area contributed by atoms with Crippen molar-refractivity contribution in [3.8, 4) is 0 Å². The minimum Gasteiger partial charge on any atom is -0.360 e. The zero-order valence-electron chi connectivity index (χ0n) is 8.62. The van der Waals surface area contributed by atoms with Gasteiger partial charge in [-0.3, -0.25) is 0 Å². The molecule has 1 heterocycles. The molecule has 0 radical (unpaired) electrons. The van der Waals surface area contributed by atoms with Crippen molar-refractivity contribution in [2.75, 3.05) is 18.4 Å². The molecule has 0 saturated heterocycles. The van der Waals surface area contributed by atoms with E-state index in [0.717, 1.165) is 49.7 Å². The summed E-state index contributed by atoms with van der Waals surface area (Å²) in [6.07, 6.45) is 4.23. The maximum absolute atomic E-state index is 5.40. The molecule has 1 aromatic heterocycles. The summed E-state index contributed by atoms with van der Waals surface area (Å²) < 4.78 is 4.25. The van der Waals surface area contributed by atoms with E-state index in [1.807, 2.05) is 0 Å². The molecule has 0 fully saturated rings. The van der Waals surface area contributed by atoms with E-state index in [1.54, 1.807) is 0 Å². The molecule has 1 aromatic rings. The molecule has 0 spiro atoms. The molecule has 1 rings (SSSR count). The molecule has 0 aliphatic rings. The molecule has 5 heteroatoms. The third kappa shape index (κ3) is 4.02. The highest BCUT2D eigenvalue weighted by Gasteiger charge is 2.01. The molecule has 0 amide bonds. The number of nitrogens with two attached hydrogens (primary N) is 1. The zero-order chi connectivity index (χ0) is 10.2. The highest BCUT2D eigenvalue weighted by molar-refractivity contribution is 7.09. The summed E-state index contributed by atoms with van der Waals surface area (Å²) in [5.74, 6) is 0.957. The topological polar surface area (TPSA) is 63.8 Å². The third-order valence-corrected chi connectivity index (χ3v) is 2.56. The Bertz CT molecular complexity index is 249. The second-order valence-corrected chi connectivity index (χ2v) is 3.94. The van der Waals surface area contributed by atoms with Gasteiger partial charge in [-0.1, -0.05) is 6.92 Å². The molecule has 0 aliphatic heterocycles. The van der Waals surface area contributed by atoms with Crippen molar-refractivity contribution in [1.29, 1.82) is 0 Å². The Morgan fingerprint density at radius 3 is 3.00 bits per heavy atom. The van der Waals surface area contributed by atoms with Crippen molar-refractivity contribution in [1.82, 2.24) is 9.36 Å². The minimum atomic E-state index is 0.763.